The molecule has 7 nitrogen and oxygen atoms in total. The monoisotopic (exact) mass is 402 g/mol. The molecule has 1 fully saturated rings. The SMILES string of the molecule is O=C(Cc1ccc2c(c1)OCCO2)N1CCN(S(=O)(=O)c2ccccc2)CC1. The fourth-order valence-electron chi connectivity index (χ4n) is 3.40. The van der Waals surface area contributed by atoms with Gasteiger partial charge in [0.2, 0.25) is 15.9 Å². The molecule has 1 saturated heterocycles. The van der Waals surface area contributed by atoms with Crippen molar-refractivity contribution in [2.24, 2.45) is 0 Å². The van der Waals surface area contributed by atoms with E-state index in [2.05, 4.69) is 0 Å². The van der Waals surface area contributed by atoms with E-state index in [1.54, 1.807) is 35.2 Å². The summed E-state index contributed by atoms with van der Waals surface area (Å²) in [5, 5.41) is 0. The van der Waals surface area contributed by atoms with Crippen molar-refractivity contribution in [1.82, 2.24) is 9.21 Å². The lowest BCUT2D eigenvalue weighted by molar-refractivity contribution is -0.131. The standard InChI is InChI=1S/C20H22N2O5S/c23-20(15-16-6-7-18-19(14-16)27-13-12-26-18)21-8-10-22(11-9-21)28(24,25)17-4-2-1-3-5-17/h1-7,14H,8-13,15H2. The van der Waals surface area contributed by atoms with Crippen LogP contribution in [0.1, 0.15) is 5.56 Å². The lowest BCUT2D eigenvalue weighted by Crippen LogP contribution is -2.50. The molecule has 0 bridgehead atoms. The lowest BCUT2D eigenvalue weighted by atomic mass is 10.1. The van der Waals surface area contributed by atoms with E-state index in [9.17, 15) is 13.2 Å². The molecule has 0 radical (unpaired) electrons. The molecule has 2 aliphatic rings. The Morgan fingerprint density at radius 2 is 1.57 bits per heavy atom. The molecule has 4 rings (SSSR count). The molecule has 148 valence electrons. The molecule has 2 heterocycles. The summed E-state index contributed by atoms with van der Waals surface area (Å²) in [6.07, 6.45) is 0.252. The van der Waals surface area contributed by atoms with Crippen LogP contribution in [0.3, 0.4) is 0 Å². The minimum absolute atomic E-state index is 0.0200. The number of ether oxygens (including phenoxy) is 2. The van der Waals surface area contributed by atoms with Gasteiger partial charge in [-0.25, -0.2) is 8.42 Å². The Labute approximate surface area is 164 Å². The highest BCUT2D eigenvalue weighted by Gasteiger charge is 2.30. The average molecular weight is 402 g/mol. The van der Waals surface area contributed by atoms with Crippen LogP contribution < -0.4 is 9.47 Å². The topological polar surface area (TPSA) is 76.2 Å². The van der Waals surface area contributed by atoms with Crippen molar-refractivity contribution in [3.05, 3.63) is 54.1 Å². The molecule has 2 aromatic rings. The van der Waals surface area contributed by atoms with Gasteiger partial charge >= 0.3 is 0 Å². The number of amides is 1. The molecule has 0 unspecified atom stereocenters. The lowest BCUT2D eigenvalue weighted by Gasteiger charge is -2.34. The number of rotatable bonds is 4. The maximum absolute atomic E-state index is 12.7. The van der Waals surface area contributed by atoms with Crippen LogP contribution in [0.2, 0.25) is 0 Å². The highest BCUT2D eigenvalue weighted by molar-refractivity contribution is 7.89. The van der Waals surface area contributed by atoms with Crippen LogP contribution in [0, 0.1) is 0 Å². The van der Waals surface area contributed by atoms with Gasteiger partial charge in [-0.05, 0) is 29.8 Å². The van der Waals surface area contributed by atoms with Gasteiger partial charge in [-0.2, -0.15) is 4.31 Å². The van der Waals surface area contributed by atoms with Gasteiger partial charge in [0, 0.05) is 26.2 Å². The number of nitrogens with zero attached hydrogens (tertiary/aromatic N) is 2. The highest BCUT2D eigenvalue weighted by Crippen LogP contribution is 2.31. The van der Waals surface area contributed by atoms with E-state index in [0.29, 0.717) is 50.9 Å². The molecular weight excluding hydrogens is 380 g/mol. The number of carbonyl (C=O) groups excluding carboxylic acids is 1. The Hall–Kier alpha value is -2.58. The van der Waals surface area contributed by atoms with Crippen LogP contribution >= 0.6 is 0 Å². The van der Waals surface area contributed by atoms with Crippen molar-refractivity contribution in [2.45, 2.75) is 11.3 Å². The fourth-order valence-corrected chi connectivity index (χ4v) is 4.85. The Bertz CT molecular complexity index is 954. The predicted molar refractivity (Wildman–Crippen MR) is 103 cm³/mol. The average Bonchev–Trinajstić information content (AvgIpc) is 2.74. The fraction of sp³-hybridized carbons (Fsp3) is 0.350. The third-order valence-corrected chi connectivity index (χ3v) is 6.85. The summed E-state index contributed by atoms with van der Waals surface area (Å²) in [6.45, 7) is 2.39. The third kappa shape index (κ3) is 3.83. The van der Waals surface area contributed by atoms with Crippen LogP contribution in [0.4, 0.5) is 0 Å². The zero-order chi connectivity index (χ0) is 19.6. The summed E-state index contributed by atoms with van der Waals surface area (Å²) in [5.74, 6) is 1.34. The quantitative estimate of drug-likeness (QED) is 0.775. The van der Waals surface area contributed by atoms with E-state index in [1.165, 1.54) is 4.31 Å². The largest absolute Gasteiger partial charge is 0.486 e. The van der Waals surface area contributed by atoms with Gasteiger partial charge in [-0.15, -0.1) is 0 Å². The van der Waals surface area contributed by atoms with Gasteiger partial charge in [-0.1, -0.05) is 24.3 Å². The maximum atomic E-state index is 12.7. The van der Waals surface area contributed by atoms with E-state index in [1.807, 2.05) is 18.2 Å². The van der Waals surface area contributed by atoms with Crippen LogP contribution in [-0.2, 0) is 21.2 Å². The molecular formula is C20H22N2O5S. The van der Waals surface area contributed by atoms with Gasteiger partial charge in [0.1, 0.15) is 13.2 Å². The molecule has 1 amide bonds. The number of piperazine rings is 1. The normalized spacial score (nSPS) is 17.4. The summed E-state index contributed by atoms with van der Waals surface area (Å²) in [5.41, 5.74) is 0.855. The highest BCUT2D eigenvalue weighted by atomic mass is 32.2. The summed E-state index contributed by atoms with van der Waals surface area (Å²) in [7, 11) is -3.52. The number of carbonyl (C=O) groups is 1. The van der Waals surface area contributed by atoms with E-state index in [0.717, 1.165) is 5.56 Å². The van der Waals surface area contributed by atoms with Gasteiger partial charge in [0.15, 0.2) is 11.5 Å². The van der Waals surface area contributed by atoms with Crippen LogP contribution in [0.15, 0.2) is 53.4 Å². The van der Waals surface area contributed by atoms with Crippen molar-refractivity contribution >= 4 is 15.9 Å². The Morgan fingerprint density at radius 3 is 2.29 bits per heavy atom. The number of sulfonamides is 1. The smallest absolute Gasteiger partial charge is 0.243 e. The second-order valence-corrected chi connectivity index (χ2v) is 8.69. The van der Waals surface area contributed by atoms with E-state index >= 15 is 0 Å². The van der Waals surface area contributed by atoms with Crippen molar-refractivity contribution in [2.75, 3.05) is 39.4 Å². The number of fused-ring (bicyclic) bond motifs is 1. The number of hydrogen-bond donors (Lipinski definition) is 0. The minimum atomic E-state index is -3.52. The molecule has 2 aromatic carbocycles. The summed E-state index contributed by atoms with van der Waals surface area (Å²) >= 11 is 0. The van der Waals surface area contributed by atoms with Crippen molar-refractivity contribution in [3.63, 3.8) is 0 Å². The molecule has 0 spiro atoms. The first-order chi connectivity index (χ1) is 13.5. The first-order valence-electron chi connectivity index (χ1n) is 9.25. The van der Waals surface area contributed by atoms with Gasteiger partial charge < -0.3 is 14.4 Å². The van der Waals surface area contributed by atoms with Gasteiger partial charge in [0.25, 0.3) is 0 Å². The first kappa shape index (κ1) is 18.8. The molecule has 0 saturated carbocycles. The van der Waals surface area contributed by atoms with Crippen molar-refractivity contribution < 1.29 is 22.7 Å². The summed E-state index contributed by atoms with van der Waals surface area (Å²) in [4.78, 5) is 14.6. The molecule has 0 N–H and O–H groups in total. The Balaban J connectivity index is 1.37. The maximum Gasteiger partial charge on any atom is 0.243 e. The summed E-state index contributed by atoms with van der Waals surface area (Å²) in [6, 6.07) is 13.9. The molecule has 0 atom stereocenters. The van der Waals surface area contributed by atoms with Crippen LogP contribution in [-0.4, -0.2) is 62.9 Å². The minimum Gasteiger partial charge on any atom is -0.486 e. The molecule has 2 aliphatic heterocycles. The Morgan fingerprint density at radius 1 is 0.893 bits per heavy atom. The predicted octanol–water partition coefficient (Wildman–Crippen LogP) is 1.53. The zero-order valence-corrected chi connectivity index (χ0v) is 16.2. The second kappa shape index (κ2) is 7.81. The number of hydrogen-bond acceptors (Lipinski definition) is 5. The number of benzene rings is 2. The van der Waals surface area contributed by atoms with Crippen LogP contribution in [0.25, 0.3) is 0 Å². The van der Waals surface area contributed by atoms with Crippen LogP contribution in [0.5, 0.6) is 11.5 Å². The first-order valence-corrected chi connectivity index (χ1v) is 10.7. The zero-order valence-electron chi connectivity index (χ0n) is 15.4. The van der Waals surface area contributed by atoms with E-state index in [-0.39, 0.29) is 17.2 Å². The summed E-state index contributed by atoms with van der Waals surface area (Å²) < 4.78 is 37.9. The van der Waals surface area contributed by atoms with Gasteiger partial charge in [0.05, 0.1) is 11.3 Å². The molecule has 28 heavy (non-hydrogen) atoms. The Kier molecular flexibility index (Phi) is 5.23. The van der Waals surface area contributed by atoms with Crippen molar-refractivity contribution in [1.29, 1.82) is 0 Å². The molecule has 8 heteroatoms. The van der Waals surface area contributed by atoms with E-state index in [4.69, 9.17) is 9.47 Å². The van der Waals surface area contributed by atoms with Crippen molar-refractivity contribution in [3.8, 4) is 11.5 Å². The van der Waals surface area contributed by atoms with E-state index < -0.39 is 10.0 Å². The van der Waals surface area contributed by atoms with Gasteiger partial charge in [-0.3, -0.25) is 4.79 Å². The molecule has 0 aromatic heterocycles. The molecule has 0 aliphatic carbocycles. The second-order valence-electron chi connectivity index (χ2n) is 6.75. The third-order valence-electron chi connectivity index (χ3n) is 4.93.